The second kappa shape index (κ2) is 7.05. The van der Waals surface area contributed by atoms with E-state index in [9.17, 15) is 4.79 Å². The van der Waals surface area contributed by atoms with Gasteiger partial charge in [-0.25, -0.2) is 4.98 Å². The molecule has 0 saturated heterocycles. The molecule has 3 rings (SSSR count). The van der Waals surface area contributed by atoms with Crippen LogP contribution in [0, 0.1) is 0 Å². The molecule has 0 amide bonds. The maximum Gasteiger partial charge on any atom is 0.258 e. The van der Waals surface area contributed by atoms with Crippen LogP contribution >= 0.6 is 23.1 Å². The van der Waals surface area contributed by atoms with Gasteiger partial charge in [-0.15, -0.1) is 10.2 Å². The number of fused-ring (bicyclic) bond motifs is 1. The quantitative estimate of drug-likeness (QED) is 0.641. The van der Waals surface area contributed by atoms with Crippen molar-refractivity contribution in [3.63, 3.8) is 0 Å². The highest BCUT2D eigenvalue weighted by atomic mass is 32.2. The maximum absolute atomic E-state index is 12.3. The summed E-state index contributed by atoms with van der Waals surface area (Å²) >= 11 is 2.91. The number of nitrogens with one attached hydrogen (secondary N) is 2. The lowest BCUT2D eigenvalue weighted by molar-refractivity contribution is 0.355. The molecule has 2 aromatic heterocycles. The SMILES string of the molecule is CNc1nnc(SCc2nc3cc(OC)c(OC)cc3c(=O)[nH]2)s1. The monoisotopic (exact) mass is 365 g/mol. The molecule has 3 aromatic rings. The number of benzene rings is 1. The fraction of sp³-hybridized carbons (Fsp3) is 0.286. The third kappa shape index (κ3) is 3.29. The van der Waals surface area contributed by atoms with Crippen LogP contribution in [-0.4, -0.2) is 41.4 Å². The van der Waals surface area contributed by atoms with E-state index < -0.39 is 0 Å². The lowest BCUT2D eigenvalue weighted by atomic mass is 10.2. The van der Waals surface area contributed by atoms with Gasteiger partial charge in [0, 0.05) is 13.1 Å². The van der Waals surface area contributed by atoms with Crippen molar-refractivity contribution in [2.24, 2.45) is 0 Å². The Balaban J connectivity index is 1.90. The zero-order valence-corrected chi connectivity index (χ0v) is 14.9. The van der Waals surface area contributed by atoms with E-state index in [1.54, 1.807) is 26.3 Å². The Kier molecular flexibility index (Phi) is 4.86. The number of methoxy groups -OCH3 is 2. The van der Waals surface area contributed by atoms with Crippen LogP contribution in [0.25, 0.3) is 10.9 Å². The normalized spacial score (nSPS) is 10.8. The van der Waals surface area contributed by atoms with Crippen molar-refractivity contribution in [2.45, 2.75) is 10.1 Å². The lowest BCUT2D eigenvalue weighted by Gasteiger charge is -2.09. The van der Waals surface area contributed by atoms with Gasteiger partial charge in [-0.1, -0.05) is 23.1 Å². The van der Waals surface area contributed by atoms with E-state index in [1.165, 1.54) is 30.2 Å². The molecule has 8 nitrogen and oxygen atoms in total. The summed E-state index contributed by atoms with van der Waals surface area (Å²) in [5.74, 6) is 2.07. The van der Waals surface area contributed by atoms with Crippen LogP contribution in [-0.2, 0) is 5.75 Å². The summed E-state index contributed by atoms with van der Waals surface area (Å²) in [6.07, 6.45) is 0. The van der Waals surface area contributed by atoms with Gasteiger partial charge in [0.1, 0.15) is 5.82 Å². The van der Waals surface area contributed by atoms with Gasteiger partial charge in [0.05, 0.1) is 30.9 Å². The molecule has 0 unspecified atom stereocenters. The van der Waals surface area contributed by atoms with Gasteiger partial charge >= 0.3 is 0 Å². The predicted molar refractivity (Wildman–Crippen MR) is 94.5 cm³/mol. The lowest BCUT2D eigenvalue weighted by Crippen LogP contribution is -2.11. The number of H-pyrrole nitrogens is 1. The largest absolute Gasteiger partial charge is 0.493 e. The van der Waals surface area contributed by atoms with Gasteiger partial charge in [-0.05, 0) is 6.07 Å². The van der Waals surface area contributed by atoms with Crippen LogP contribution in [0.2, 0.25) is 0 Å². The van der Waals surface area contributed by atoms with Crippen LogP contribution in [0.1, 0.15) is 5.82 Å². The Morgan fingerprint density at radius 2 is 2.00 bits per heavy atom. The Hall–Kier alpha value is -2.33. The fourth-order valence-corrected chi connectivity index (χ4v) is 3.66. The first-order valence-corrected chi connectivity index (χ1v) is 8.73. The first-order chi connectivity index (χ1) is 11.6. The second-order valence-electron chi connectivity index (χ2n) is 4.65. The standard InChI is InChI=1S/C14H15N5O3S2/c1-15-13-18-19-14(24-13)23-6-11-16-8-5-10(22-3)9(21-2)4-7(8)12(20)17-11/h4-5H,6H2,1-3H3,(H,15,18)(H,16,17,20). The summed E-state index contributed by atoms with van der Waals surface area (Å²) in [6, 6.07) is 3.32. The Labute approximate surface area is 145 Å². The highest BCUT2D eigenvalue weighted by Crippen LogP contribution is 2.31. The number of aromatic nitrogens is 4. The Morgan fingerprint density at radius 3 is 2.67 bits per heavy atom. The molecular weight excluding hydrogens is 350 g/mol. The van der Waals surface area contributed by atoms with Crippen molar-refractivity contribution in [1.29, 1.82) is 0 Å². The summed E-state index contributed by atoms with van der Waals surface area (Å²) in [5.41, 5.74) is 0.338. The third-order valence-electron chi connectivity index (χ3n) is 3.21. The van der Waals surface area contributed by atoms with E-state index in [4.69, 9.17) is 9.47 Å². The molecule has 126 valence electrons. The number of nitrogens with zero attached hydrogens (tertiary/aromatic N) is 3. The van der Waals surface area contributed by atoms with E-state index in [-0.39, 0.29) is 5.56 Å². The zero-order valence-electron chi connectivity index (χ0n) is 13.2. The van der Waals surface area contributed by atoms with Gasteiger partial charge in [0.2, 0.25) is 5.13 Å². The number of rotatable bonds is 6. The van der Waals surface area contributed by atoms with Crippen LogP contribution in [0.3, 0.4) is 0 Å². The maximum atomic E-state index is 12.3. The number of aromatic amines is 1. The minimum atomic E-state index is -0.218. The van der Waals surface area contributed by atoms with Crippen LogP contribution in [0.15, 0.2) is 21.3 Å². The highest BCUT2D eigenvalue weighted by molar-refractivity contribution is 8.00. The van der Waals surface area contributed by atoms with Crippen molar-refractivity contribution < 1.29 is 9.47 Å². The van der Waals surface area contributed by atoms with Crippen molar-refractivity contribution in [3.8, 4) is 11.5 Å². The topological polar surface area (TPSA) is 102 Å². The summed E-state index contributed by atoms with van der Waals surface area (Å²) in [6.45, 7) is 0. The van der Waals surface area contributed by atoms with Gasteiger partial charge in [0.25, 0.3) is 5.56 Å². The molecule has 0 aliphatic carbocycles. The predicted octanol–water partition coefficient (Wildman–Crippen LogP) is 2.13. The zero-order chi connectivity index (χ0) is 17.1. The average Bonchev–Trinajstić information content (AvgIpc) is 3.07. The molecule has 2 heterocycles. The third-order valence-corrected chi connectivity index (χ3v) is 5.30. The Morgan fingerprint density at radius 1 is 1.25 bits per heavy atom. The summed E-state index contributed by atoms with van der Waals surface area (Å²) < 4.78 is 11.3. The van der Waals surface area contributed by atoms with Gasteiger partial charge in [0.15, 0.2) is 15.8 Å². The van der Waals surface area contributed by atoms with Gasteiger partial charge < -0.3 is 19.8 Å². The first kappa shape index (κ1) is 16.5. The summed E-state index contributed by atoms with van der Waals surface area (Å²) in [5, 5.41) is 12.2. The molecule has 24 heavy (non-hydrogen) atoms. The molecule has 0 radical (unpaired) electrons. The van der Waals surface area contributed by atoms with Crippen LogP contribution in [0.5, 0.6) is 11.5 Å². The molecule has 0 atom stereocenters. The van der Waals surface area contributed by atoms with Crippen LogP contribution < -0.4 is 20.3 Å². The van der Waals surface area contributed by atoms with Crippen molar-refractivity contribution in [1.82, 2.24) is 20.2 Å². The first-order valence-electron chi connectivity index (χ1n) is 6.93. The molecule has 1 aromatic carbocycles. The molecule has 0 bridgehead atoms. The number of thioether (sulfide) groups is 1. The van der Waals surface area contributed by atoms with Crippen molar-refractivity contribution >= 4 is 39.1 Å². The fourth-order valence-electron chi connectivity index (χ4n) is 2.08. The minimum absolute atomic E-state index is 0.218. The molecule has 2 N–H and O–H groups in total. The van der Waals surface area contributed by atoms with Crippen LogP contribution in [0.4, 0.5) is 5.13 Å². The molecule has 10 heteroatoms. The van der Waals surface area contributed by atoms with Gasteiger partial charge in [-0.2, -0.15) is 0 Å². The summed E-state index contributed by atoms with van der Waals surface area (Å²) in [4.78, 5) is 19.6. The number of hydrogen-bond acceptors (Lipinski definition) is 9. The van der Waals surface area contributed by atoms with E-state index in [0.29, 0.717) is 34.0 Å². The van der Waals surface area contributed by atoms with E-state index >= 15 is 0 Å². The number of hydrogen-bond donors (Lipinski definition) is 2. The molecule has 0 aliphatic heterocycles. The van der Waals surface area contributed by atoms with Crippen molar-refractivity contribution in [3.05, 3.63) is 28.3 Å². The molecule has 0 saturated carbocycles. The van der Waals surface area contributed by atoms with E-state index in [0.717, 1.165) is 9.47 Å². The van der Waals surface area contributed by atoms with E-state index in [2.05, 4.69) is 25.5 Å². The summed E-state index contributed by atoms with van der Waals surface area (Å²) in [7, 11) is 4.86. The Bertz CT molecular complexity index is 924. The second-order valence-corrected chi connectivity index (χ2v) is 6.85. The highest BCUT2D eigenvalue weighted by Gasteiger charge is 2.12. The molecular formula is C14H15N5O3S2. The smallest absolute Gasteiger partial charge is 0.258 e. The molecule has 0 spiro atoms. The number of ether oxygens (including phenoxy) is 2. The average molecular weight is 365 g/mol. The van der Waals surface area contributed by atoms with Gasteiger partial charge in [-0.3, -0.25) is 4.79 Å². The number of anilines is 1. The molecule has 0 aliphatic rings. The molecule has 0 fully saturated rings. The van der Waals surface area contributed by atoms with E-state index in [1.807, 2.05) is 0 Å². The minimum Gasteiger partial charge on any atom is -0.493 e. The van der Waals surface area contributed by atoms with Crippen molar-refractivity contribution in [2.75, 3.05) is 26.6 Å².